The van der Waals surface area contributed by atoms with Crippen LogP contribution in [0.1, 0.15) is 18.1 Å². The number of nitrogens with zero attached hydrogens (tertiary/aromatic N) is 3. The monoisotopic (exact) mass is 561 g/mol. The molecule has 4 heterocycles. The molecule has 5 atom stereocenters. The van der Waals surface area contributed by atoms with Gasteiger partial charge in [0, 0.05) is 26.2 Å². The van der Waals surface area contributed by atoms with Gasteiger partial charge in [0.05, 0.1) is 34.8 Å². The molecule has 0 radical (unpaired) electrons. The lowest BCUT2D eigenvalue weighted by molar-refractivity contribution is -0.149. The average molecular weight is 562 g/mol. The standard InChI is InChI=1S/C31H32ClN3O5/c1-20-9-6-12-22(32)25(20)34-16-8-14-31-24(28(38)35(17-18-36)26(31)29(34)39)23-27(37)33(15-7-13-30(23,2)40-31)19-21-10-4-3-5-11-21/h3-14,23-24,26,36H,15-19H2,1-2H3/t23-,24+,26?,30+,31+/m1/s1. The number of amides is 3. The SMILES string of the molecule is Cc1cccc(Cl)c1N1CC=C[C@]23O[C@@]4(C)C=CCN(Cc5ccccc5)C(=O)[C@H]4[C@H]2C(=O)N(CCO)C3C1=O. The van der Waals surface area contributed by atoms with E-state index in [1.807, 2.05) is 74.5 Å². The summed E-state index contributed by atoms with van der Waals surface area (Å²) in [5.74, 6) is -2.70. The van der Waals surface area contributed by atoms with Crippen LogP contribution in [-0.2, 0) is 25.7 Å². The number of hydrogen-bond acceptors (Lipinski definition) is 5. The fourth-order valence-electron chi connectivity index (χ4n) is 7.03. The summed E-state index contributed by atoms with van der Waals surface area (Å²) < 4.78 is 6.81. The van der Waals surface area contributed by atoms with Crippen LogP contribution >= 0.6 is 11.6 Å². The van der Waals surface area contributed by atoms with Crippen molar-refractivity contribution < 1.29 is 24.2 Å². The maximum Gasteiger partial charge on any atom is 0.253 e. The normalized spacial score (nSPS) is 31.2. The van der Waals surface area contributed by atoms with Crippen molar-refractivity contribution in [1.82, 2.24) is 9.80 Å². The highest BCUT2D eigenvalue weighted by Gasteiger charge is 2.74. The van der Waals surface area contributed by atoms with Crippen molar-refractivity contribution in [3.05, 3.63) is 89.0 Å². The molecule has 3 amide bonds. The maximum atomic E-state index is 14.4. The molecule has 0 aromatic heterocycles. The van der Waals surface area contributed by atoms with Gasteiger partial charge in [0.15, 0.2) is 0 Å². The minimum absolute atomic E-state index is 0.0543. The van der Waals surface area contributed by atoms with E-state index in [0.717, 1.165) is 11.1 Å². The molecule has 2 saturated heterocycles. The Morgan fingerprint density at radius 3 is 2.42 bits per heavy atom. The Bertz CT molecular complexity index is 1410. The van der Waals surface area contributed by atoms with Crippen molar-refractivity contribution >= 4 is 35.0 Å². The summed E-state index contributed by atoms with van der Waals surface area (Å²) in [5, 5.41) is 10.3. The van der Waals surface area contributed by atoms with Gasteiger partial charge >= 0.3 is 0 Å². The molecule has 208 valence electrons. The van der Waals surface area contributed by atoms with Gasteiger partial charge < -0.3 is 24.5 Å². The Labute approximate surface area is 238 Å². The topological polar surface area (TPSA) is 90.4 Å². The van der Waals surface area contributed by atoms with E-state index < -0.39 is 29.1 Å². The third-order valence-corrected chi connectivity index (χ3v) is 8.96. The van der Waals surface area contributed by atoms with Crippen molar-refractivity contribution in [2.45, 2.75) is 37.6 Å². The first kappa shape index (κ1) is 26.7. The Morgan fingerprint density at radius 1 is 0.950 bits per heavy atom. The molecule has 4 aliphatic rings. The number of benzene rings is 2. The summed E-state index contributed by atoms with van der Waals surface area (Å²) in [5.41, 5.74) is -0.123. The van der Waals surface area contributed by atoms with Crippen LogP contribution in [0.2, 0.25) is 5.02 Å². The number of β-amino-alcohol motifs (C(OH)–C–C–N with tert-alkyl or cyclic N) is 1. The molecule has 9 heteroatoms. The number of hydrogen-bond donors (Lipinski definition) is 1. The van der Waals surface area contributed by atoms with Gasteiger partial charge in [-0.05, 0) is 31.0 Å². The summed E-state index contributed by atoms with van der Waals surface area (Å²) >= 11 is 6.57. The van der Waals surface area contributed by atoms with Crippen LogP contribution in [-0.4, -0.2) is 76.1 Å². The first-order chi connectivity index (χ1) is 19.2. The molecule has 2 aromatic rings. The van der Waals surface area contributed by atoms with Crippen molar-refractivity contribution in [3.63, 3.8) is 0 Å². The molecular weight excluding hydrogens is 530 g/mol. The molecule has 6 rings (SSSR count). The summed E-state index contributed by atoms with van der Waals surface area (Å²) in [4.78, 5) is 47.6. The molecule has 4 aliphatic heterocycles. The number of carbonyl (C=O) groups is 3. The lowest BCUT2D eigenvalue weighted by Gasteiger charge is -2.37. The zero-order valence-corrected chi connectivity index (χ0v) is 23.3. The van der Waals surface area contributed by atoms with Crippen LogP contribution in [0.3, 0.4) is 0 Å². The molecule has 0 saturated carbocycles. The summed E-state index contributed by atoms with van der Waals surface area (Å²) in [7, 11) is 0. The Hall–Kier alpha value is -3.46. The Balaban J connectivity index is 1.44. The van der Waals surface area contributed by atoms with E-state index in [0.29, 0.717) is 23.8 Å². The number of aliphatic hydroxyl groups excluding tert-OH is 1. The second-order valence-electron chi connectivity index (χ2n) is 11.1. The van der Waals surface area contributed by atoms with E-state index in [9.17, 15) is 19.5 Å². The third-order valence-electron chi connectivity index (χ3n) is 8.66. The molecule has 1 spiro atoms. The van der Waals surface area contributed by atoms with Crippen LogP contribution in [0.5, 0.6) is 0 Å². The van der Waals surface area contributed by atoms with Gasteiger partial charge in [0.2, 0.25) is 11.8 Å². The van der Waals surface area contributed by atoms with E-state index in [-0.39, 0.29) is 37.4 Å². The van der Waals surface area contributed by atoms with Gasteiger partial charge in [-0.15, -0.1) is 0 Å². The van der Waals surface area contributed by atoms with Gasteiger partial charge in [-0.3, -0.25) is 14.4 Å². The predicted octanol–water partition coefficient (Wildman–Crippen LogP) is 3.11. The number of para-hydroxylation sites is 1. The molecule has 8 nitrogen and oxygen atoms in total. The third kappa shape index (κ3) is 3.92. The molecular formula is C31H32ClN3O5. The van der Waals surface area contributed by atoms with Crippen molar-refractivity contribution in [3.8, 4) is 0 Å². The second-order valence-corrected chi connectivity index (χ2v) is 11.5. The number of ether oxygens (including phenoxy) is 1. The molecule has 2 aromatic carbocycles. The lowest BCUT2D eigenvalue weighted by Crippen LogP contribution is -2.56. The van der Waals surface area contributed by atoms with Gasteiger partial charge in [0.1, 0.15) is 11.6 Å². The lowest BCUT2D eigenvalue weighted by atomic mass is 9.74. The quantitative estimate of drug-likeness (QED) is 0.567. The van der Waals surface area contributed by atoms with Crippen LogP contribution in [0.4, 0.5) is 5.69 Å². The average Bonchev–Trinajstić information content (AvgIpc) is 3.19. The van der Waals surface area contributed by atoms with Crippen LogP contribution < -0.4 is 4.90 Å². The highest BCUT2D eigenvalue weighted by Crippen LogP contribution is 2.57. The summed E-state index contributed by atoms with van der Waals surface area (Å²) in [6.45, 7) is 4.32. The van der Waals surface area contributed by atoms with Gasteiger partial charge in [-0.1, -0.05) is 78.4 Å². The number of fused-ring (bicyclic) bond motifs is 2. The van der Waals surface area contributed by atoms with Gasteiger partial charge in [-0.2, -0.15) is 0 Å². The predicted molar refractivity (Wildman–Crippen MR) is 150 cm³/mol. The summed E-state index contributed by atoms with van der Waals surface area (Å²) in [6.07, 6.45) is 7.40. The van der Waals surface area contributed by atoms with Crippen LogP contribution in [0.15, 0.2) is 72.8 Å². The van der Waals surface area contributed by atoms with E-state index in [1.54, 1.807) is 21.9 Å². The molecule has 0 aliphatic carbocycles. The highest BCUT2D eigenvalue weighted by molar-refractivity contribution is 6.34. The number of anilines is 1. The largest absolute Gasteiger partial charge is 0.395 e. The van der Waals surface area contributed by atoms with Gasteiger partial charge in [0.25, 0.3) is 5.91 Å². The number of carbonyl (C=O) groups excluding carboxylic acids is 3. The van der Waals surface area contributed by atoms with Crippen molar-refractivity contribution in [2.75, 3.05) is 31.1 Å². The van der Waals surface area contributed by atoms with E-state index >= 15 is 0 Å². The van der Waals surface area contributed by atoms with E-state index in [1.165, 1.54) is 4.90 Å². The minimum Gasteiger partial charge on any atom is -0.395 e. The number of aryl methyl sites for hydroxylation is 1. The number of rotatable bonds is 5. The molecule has 2 fully saturated rings. The maximum absolute atomic E-state index is 14.4. The fraction of sp³-hybridized carbons (Fsp3) is 0.387. The van der Waals surface area contributed by atoms with E-state index in [2.05, 4.69) is 0 Å². The summed E-state index contributed by atoms with van der Waals surface area (Å²) in [6, 6.07) is 14.1. The van der Waals surface area contributed by atoms with Crippen molar-refractivity contribution in [1.29, 1.82) is 0 Å². The second kappa shape index (κ2) is 9.87. The first-order valence-electron chi connectivity index (χ1n) is 13.6. The molecule has 40 heavy (non-hydrogen) atoms. The Morgan fingerprint density at radius 2 is 1.70 bits per heavy atom. The van der Waals surface area contributed by atoms with E-state index in [4.69, 9.17) is 16.3 Å². The number of aliphatic hydroxyl groups is 1. The smallest absolute Gasteiger partial charge is 0.253 e. The zero-order chi connectivity index (χ0) is 28.2. The van der Waals surface area contributed by atoms with Crippen molar-refractivity contribution in [2.24, 2.45) is 11.8 Å². The highest BCUT2D eigenvalue weighted by atomic mass is 35.5. The number of halogens is 1. The van der Waals surface area contributed by atoms with Gasteiger partial charge in [-0.25, -0.2) is 0 Å². The number of likely N-dealkylation sites (tertiary alicyclic amines) is 1. The molecule has 0 bridgehead atoms. The van der Waals surface area contributed by atoms with Crippen LogP contribution in [0.25, 0.3) is 0 Å². The minimum atomic E-state index is -1.39. The fourth-order valence-corrected chi connectivity index (χ4v) is 7.35. The Kier molecular flexibility index (Phi) is 6.60. The zero-order valence-electron chi connectivity index (χ0n) is 22.5. The molecule has 1 N–H and O–H groups in total. The molecule has 1 unspecified atom stereocenters. The first-order valence-corrected chi connectivity index (χ1v) is 14.0. The van der Waals surface area contributed by atoms with Crippen LogP contribution in [0, 0.1) is 18.8 Å².